The van der Waals surface area contributed by atoms with Crippen LogP contribution in [0.5, 0.6) is 0 Å². The zero-order valence-corrected chi connectivity index (χ0v) is 85.4. The standard InChI is InChI=1S/C20H19ClF2N2O4S.C20H20F2N2O4S.C19H16Cl2F2N2O4S.2C19H17ClF2N2O4S/c1-12-3-2-4-13-11-29-20(26)25(19(12)13)14-5-7-24(8-6-14)30(27,28)18-10-16(22)15(21)9-17(18)23;1-13-2-4-18-14(10-13)12-28-20(25)24(18)16-6-8-23(9-7-16)29(26,27)19-5-3-15(21)11-17(19)22;20-12-1-2-17-11(7-12)10-29-19(26)25(17)13-3-5-24(6-4-13)30(27,28)18-9-15(22)14(21)8-16(18)23;20-13-1-3-17-12(9-13)11-28-19(25)24(17)15-5-7-23(8-6-15)29(26,27)18-4-2-14(21)10-16(18)22;20-14-9-16(22)18(10-15(14)21)29(26,27)23-7-5-13(6-8-23)24-17-4-2-1-3-12(17)11-28-19(24)25/h2-4,9-10,14H,5-8,11H2,1H3;2-5,10-11,16H,6-9,12H2,1H3;1-2,7-9,13H,3-6,10H2;1-4,9-10,15H,5-8,11H2;1-4,9-10,13H,5-8,11H2. The highest BCUT2D eigenvalue weighted by Crippen LogP contribution is 2.44. The van der Waals surface area contributed by atoms with Crippen molar-refractivity contribution in [3.05, 3.63) is 292 Å². The summed E-state index contributed by atoms with van der Waals surface area (Å²) in [5.41, 5.74) is 9.88. The summed E-state index contributed by atoms with van der Waals surface area (Å²) in [7, 11) is -20.9. The third-order valence-electron chi connectivity index (χ3n) is 26.4. The molecule has 0 radical (unpaired) electrons. The SMILES string of the molecule is Cc1ccc2c(c1)COC(=O)N2C1CCN(S(=O)(=O)c2ccc(F)cc2F)CC1.Cc1cccc2c1N(C1CCN(S(=O)(=O)c3cc(F)c(Cl)cc3F)CC1)C(=O)OC2.O=C1OCc2cc(Cl)ccc2N1C1CCN(S(=O)(=O)c2cc(F)c(Cl)cc2F)CC1.O=C1OCc2cc(Cl)ccc2N1C1CCN(S(=O)(=O)c2ccc(F)cc2F)CC1.O=C1OCc2ccccc2N1C1CCN(S(=O)(=O)c2cc(F)c(Cl)cc2F)CC1. The number of hydrogen-bond donors (Lipinski definition) is 0. The molecule has 5 saturated heterocycles. The van der Waals surface area contributed by atoms with E-state index in [0.29, 0.717) is 134 Å². The topological polar surface area (TPSA) is 335 Å². The third kappa shape index (κ3) is 23.0. The van der Waals surface area contributed by atoms with Gasteiger partial charge < -0.3 is 23.7 Å². The quantitative estimate of drug-likeness (QED) is 0.0523. The molecule has 10 aromatic rings. The molecule has 10 aliphatic rings. The van der Waals surface area contributed by atoms with Gasteiger partial charge in [0.05, 0.1) is 43.5 Å². The molecule has 5 amide bonds. The number of para-hydroxylation sites is 2. The summed E-state index contributed by atoms with van der Waals surface area (Å²) < 4.78 is 298. The van der Waals surface area contributed by atoms with E-state index in [1.54, 1.807) is 51.1 Å². The smallest absolute Gasteiger partial charge is 0.414 e. The molecule has 10 aliphatic heterocycles. The number of anilines is 5. The van der Waals surface area contributed by atoms with Crippen molar-refractivity contribution in [3.8, 4) is 0 Å². The molecular formula is C97H89Cl5F10N10O20S5. The second-order valence-corrected chi connectivity index (χ2v) is 47.1. The summed E-state index contributed by atoms with van der Waals surface area (Å²) in [4.78, 5) is 66.4. The minimum absolute atomic E-state index is 0.0311. The predicted molar refractivity (Wildman–Crippen MR) is 521 cm³/mol. The highest BCUT2D eigenvalue weighted by Gasteiger charge is 2.46. The first-order valence-corrected chi connectivity index (χ1v) is 54.8. The first-order chi connectivity index (χ1) is 69.7. The van der Waals surface area contributed by atoms with E-state index in [1.165, 1.54) is 14.1 Å². The maximum atomic E-state index is 14.2. The normalized spacial score (nSPS) is 18.4. The maximum absolute atomic E-state index is 14.2. The van der Waals surface area contributed by atoms with Gasteiger partial charge in [-0.1, -0.05) is 112 Å². The molecule has 0 saturated carbocycles. The zero-order chi connectivity index (χ0) is 106. The van der Waals surface area contributed by atoms with E-state index in [4.69, 9.17) is 81.7 Å². The van der Waals surface area contributed by atoms with Gasteiger partial charge in [0.1, 0.15) is 116 Å². The van der Waals surface area contributed by atoms with Crippen LogP contribution in [0.25, 0.3) is 0 Å². The van der Waals surface area contributed by atoms with Gasteiger partial charge in [0, 0.05) is 146 Å². The number of benzene rings is 10. The maximum Gasteiger partial charge on any atom is 0.414 e. The number of cyclic esters (lactones) is 5. The molecule has 50 heteroatoms. The molecular weight excluding hydrogens is 2150 g/mol. The van der Waals surface area contributed by atoms with Crippen LogP contribution in [0.4, 0.5) is 96.3 Å². The molecule has 30 nitrogen and oxygen atoms in total. The van der Waals surface area contributed by atoms with Crippen molar-refractivity contribution in [2.45, 2.75) is 166 Å². The van der Waals surface area contributed by atoms with Crippen LogP contribution in [0, 0.1) is 72.0 Å². The van der Waals surface area contributed by atoms with E-state index in [9.17, 15) is 110 Å². The Morgan fingerprint density at radius 1 is 0.259 bits per heavy atom. The second kappa shape index (κ2) is 44.6. The Bertz CT molecular complexity index is 7290. The largest absolute Gasteiger partial charge is 0.444 e. The van der Waals surface area contributed by atoms with Crippen LogP contribution in [-0.4, -0.2) is 190 Å². The van der Waals surface area contributed by atoms with E-state index in [0.717, 1.165) is 97.5 Å². The molecule has 0 aliphatic carbocycles. The number of carbonyl (C=O) groups excluding carboxylic acids is 5. The van der Waals surface area contributed by atoms with Crippen LogP contribution in [0.15, 0.2) is 194 Å². The van der Waals surface area contributed by atoms with Crippen molar-refractivity contribution in [2.75, 3.05) is 89.9 Å². The van der Waals surface area contributed by atoms with Gasteiger partial charge in [-0.25, -0.2) is 110 Å². The number of ether oxygens (including phenoxy) is 5. The summed E-state index contributed by atoms with van der Waals surface area (Å²) >= 11 is 28.6. The molecule has 0 atom stereocenters. The van der Waals surface area contributed by atoms with Crippen molar-refractivity contribution in [2.24, 2.45) is 0 Å². The van der Waals surface area contributed by atoms with Gasteiger partial charge in [0.25, 0.3) is 0 Å². The molecule has 0 N–H and O–H groups in total. The number of carbonyl (C=O) groups is 5. The zero-order valence-electron chi connectivity index (χ0n) is 77.6. The highest BCUT2D eigenvalue weighted by molar-refractivity contribution is 7.90. The van der Waals surface area contributed by atoms with Crippen molar-refractivity contribution >= 4 is 167 Å². The van der Waals surface area contributed by atoms with Crippen LogP contribution < -0.4 is 24.5 Å². The lowest BCUT2D eigenvalue weighted by Crippen LogP contribution is -2.50. The number of fused-ring (bicyclic) bond motifs is 5. The fourth-order valence-electron chi connectivity index (χ4n) is 19.0. The Balaban J connectivity index is 0.000000131. The predicted octanol–water partition coefficient (Wildman–Crippen LogP) is 20.3. The molecule has 0 spiro atoms. The van der Waals surface area contributed by atoms with Gasteiger partial charge in [-0.15, -0.1) is 0 Å². The monoisotopic (exact) mass is 2240 g/mol. The summed E-state index contributed by atoms with van der Waals surface area (Å²) in [5, 5.41) is -0.411. The van der Waals surface area contributed by atoms with E-state index < -0.39 is 178 Å². The summed E-state index contributed by atoms with van der Waals surface area (Å²) in [6, 6.07) is 36.3. The van der Waals surface area contributed by atoms with Gasteiger partial charge in [-0.3, -0.25) is 24.5 Å². The Morgan fingerprint density at radius 3 is 0.857 bits per heavy atom. The van der Waals surface area contributed by atoms with Gasteiger partial charge in [0.2, 0.25) is 50.1 Å². The van der Waals surface area contributed by atoms with Crippen molar-refractivity contribution in [1.82, 2.24) is 21.5 Å². The number of aryl methyl sites for hydroxylation is 2. The average molecular weight is 2240 g/mol. The van der Waals surface area contributed by atoms with Crippen LogP contribution >= 0.6 is 58.0 Å². The number of nitrogens with zero attached hydrogens (tertiary/aromatic N) is 10. The molecule has 0 bridgehead atoms. The van der Waals surface area contributed by atoms with Crippen LogP contribution in [0.2, 0.25) is 25.1 Å². The molecule has 20 rings (SSSR count). The molecule has 10 heterocycles. The molecule has 147 heavy (non-hydrogen) atoms. The molecule has 782 valence electrons. The Morgan fingerprint density at radius 2 is 0.524 bits per heavy atom. The third-order valence-corrected chi connectivity index (χ3v) is 37.3. The average Bonchev–Trinajstić information content (AvgIpc) is 0.765. The minimum Gasteiger partial charge on any atom is -0.444 e. The van der Waals surface area contributed by atoms with Crippen molar-refractivity contribution < 1.29 is 134 Å². The number of sulfonamides is 5. The molecule has 10 aromatic carbocycles. The van der Waals surface area contributed by atoms with Crippen LogP contribution in [0.1, 0.15) is 103 Å². The van der Waals surface area contributed by atoms with Crippen LogP contribution in [-0.2, 0) is 107 Å². The Hall–Kier alpha value is -11.2. The van der Waals surface area contributed by atoms with E-state index in [-0.39, 0.29) is 129 Å². The summed E-state index contributed by atoms with van der Waals surface area (Å²) in [6.45, 7) is 5.42. The van der Waals surface area contributed by atoms with Crippen molar-refractivity contribution in [1.29, 1.82) is 0 Å². The number of amides is 5. The first-order valence-electron chi connectivity index (χ1n) is 45.7. The van der Waals surface area contributed by atoms with Gasteiger partial charge >= 0.3 is 30.5 Å². The number of rotatable bonds is 15. The lowest BCUT2D eigenvalue weighted by molar-refractivity contribution is 0.135. The lowest BCUT2D eigenvalue weighted by atomic mass is 10.00. The van der Waals surface area contributed by atoms with E-state index in [2.05, 4.69) is 0 Å². The lowest BCUT2D eigenvalue weighted by Gasteiger charge is -2.40. The molecule has 0 unspecified atom stereocenters. The van der Waals surface area contributed by atoms with Crippen molar-refractivity contribution in [3.63, 3.8) is 0 Å². The number of piperidine rings is 5. The van der Waals surface area contributed by atoms with Crippen LogP contribution in [0.3, 0.4) is 0 Å². The second-order valence-electron chi connectivity index (χ2n) is 35.4. The Labute approximate surface area is 863 Å². The van der Waals surface area contributed by atoms with Gasteiger partial charge in [-0.2, -0.15) is 21.5 Å². The number of hydrogen-bond acceptors (Lipinski definition) is 20. The fourth-order valence-corrected chi connectivity index (χ4v) is 27.5. The van der Waals surface area contributed by atoms with E-state index >= 15 is 0 Å². The van der Waals surface area contributed by atoms with E-state index in [1.807, 2.05) is 74.5 Å². The number of halogens is 15. The molecule has 0 aromatic heterocycles. The summed E-state index contributed by atoms with van der Waals surface area (Å²) in [5.74, 6) is -10.3. The van der Waals surface area contributed by atoms with Gasteiger partial charge in [0.15, 0.2) is 0 Å². The fraction of sp³-hybridized carbons (Fsp3) is 0.330. The first kappa shape index (κ1) is 109. The summed E-state index contributed by atoms with van der Waals surface area (Å²) in [6.07, 6.45) is 0.977. The molecule has 5 fully saturated rings. The minimum atomic E-state index is -4.26. The van der Waals surface area contributed by atoms with Gasteiger partial charge in [-0.05, 0) is 193 Å². The Kier molecular flexibility index (Phi) is 32.9. The highest BCUT2D eigenvalue weighted by atomic mass is 35.5.